The molecular weight excluding hydrogens is 240 g/mol. The number of halogens is 1. The molecule has 1 amide bonds. The normalized spacial score (nSPS) is 10.2. The maximum atomic E-state index is 11.9. The Kier molecular flexibility index (Phi) is 3.01. The van der Waals surface area contributed by atoms with Crippen molar-refractivity contribution in [1.82, 2.24) is 10.2 Å². The highest BCUT2D eigenvalue weighted by molar-refractivity contribution is 6.31. The smallest absolute Gasteiger partial charge is 0.258 e. The van der Waals surface area contributed by atoms with Gasteiger partial charge >= 0.3 is 0 Å². The highest BCUT2D eigenvalue weighted by Gasteiger charge is 2.12. The van der Waals surface area contributed by atoms with Gasteiger partial charge in [0, 0.05) is 16.3 Å². The molecule has 0 saturated heterocycles. The van der Waals surface area contributed by atoms with Crippen LogP contribution in [0.15, 0.2) is 24.4 Å². The van der Waals surface area contributed by atoms with E-state index in [9.17, 15) is 4.79 Å². The Morgan fingerprint density at radius 1 is 1.53 bits per heavy atom. The molecule has 0 unspecified atom stereocenters. The Morgan fingerprint density at radius 2 is 2.29 bits per heavy atom. The van der Waals surface area contributed by atoms with E-state index in [1.165, 1.54) is 6.07 Å². The fraction of sp³-hybridized carbons (Fsp3) is 0.0909. The lowest BCUT2D eigenvalue weighted by Gasteiger charge is -2.06. The lowest BCUT2D eigenvalue weighted by molar-refractivity contribution is 0.102. The standard InChI is InChI=1S/C11H11ClN4O/c1-6-5-14-16-10(6)15-11(17)8-4-7(12)2-3-9(8)13/h2-5H,13H2,1H3,(H2,14,15,16,17). The van der Waals surface area contributed by atoms with E-state index in [1.54, 1.807) is 18.3 Å². The molecule has 2 aromatic rings. The molecule has 17 heavy (non-hydrogen) atoms. The molecule has 2 rings (SSSR count). The van der Waals surface area contributed by atoms with Crippen molar-refractivity contribution in [1.29, 1.82) is 0 Å². The second-order valence-electron chi connectivity index (χ2n) is 3.61. The minimum absolute atomic E-state index is 0.322. The monoisotopic (exact) mass is 250 g/mol. The number of aromatic nitrogens is 2. The van der Waals surface area contributed by atoms with E-state index in [-0.39, 0.29) is 5.91 Å². The molecule has 1 heterocycles. The number of rotatable bonds is 2. The number of nitrogens with two attached hydrogens (primary N) is 1. The maximum Gasteiger partial charge on any atom is 0.258 e. The number of carbonyl (C=O) groups is 1. The van der Waals surface area contributed by atoms with Gasteiger partial charge in [0.1, 0.15) is 5.82 Å². The van der Waals surface area contributed by atoms with Crippen LogP contribution in [0, 0.1) is 6.92 Å². The third-order valence-electron chi connectivity index (χ3n) is 2.33. The number of nitrogen functional groups attached to an aromatic ring is 1. The van der Waals surface area contributed by atoms with Gasteiger partial charge in [-0.3, -0.25) is 9.89 Å². The van der Waals surface area contributed by atoms with Crippen molar-refractivity contribution in [3.05, 3.63) is 40.5 Å². The van der Waals surface area contributed by atoms with Crippen LogP contribution in [0.5, 0.6) is 0 Å². The van der Waals surface area contributed by atoms with Gasteiger partial charge in [-0.1, -0.05) is 11.6 Å². The summed E-state index contributed by atoms with van der Waals surface area (Å²) in [7, 11) is 0. The molecule has 1 aromatic carbocycles. The predicted molar refractivity (Wildman–Crippen MR) is 67.1 cm³/mol. The number of hydrogen-bond donors (Lipinski definition) is 3. The number of aromatic amines is 1. The van der Waals surface area contributed by atoms with E-state index in [2.05, 4.69) is 15.5 Å². The summed E-state index contributed by atoms with van der Waals surface area (Å²) < 4.78 is 0. The van der Waals surface area contributed by atoms with Gasteiger partial charge < -0.3 is 11.1 Å². The zero-order chi connectivity index (χ0) is 12.4. The highest BCUT2D eigenvalue weighted by Crippen LogP contribution is 2.19. The number of anilines is 2. The SMILES string of the molecule is Cc1cn[nH]c1NC(=O)c1cc(Cl)ccc1N. The molecule has 0 aliphatic rings. The van der Waals surface area contributed by atoms with Gasteiger partial charge in [-0.25, -0.2) is 0 Å². The van der Waals surface area contributed by atoms with Crippen LogP contribution in [0.2, 0.25) is 5.02 Å². The van der Waals surface area contributed by atoms with Crippen LogP contribution in [0.4, 0.5) is 11.5 Å². The Bertz CT molecular complexity index is 564. The minimum Gasteiger partial charge on any atom is -0.398 e. The molecule has 0 radical (unpaired) electrons. The Balaban J connectivity index is 2.26. The van der Waals surface area contributed by atoms with Crippen molar-refractivity contribution < 1.29 is 4.79 Å². The predicted octanol–water partition coefficient (Wildman–Crippen LogP) is 2.21. The summed E-state index contributed by atoms with van der Waals surface area (Å²) in [4.78, 5) is 11.9. The first-order valence-corrected chi connectivity index (χ1v) is 5.32. The first-order chi connectivity index (χ1) is 8.08. The van der Waals surface area contributed by atoms with E-state index in [4.69, 9.17) is 17.3 Å². The third kappa shape index (κ3) is 2.39. The molecule has 0 fully saturated rings. The molecule has 0 atom stereocenters. The second kappa shape index (κ2) is 4.47. The van der Waals surface area contributed by atoms with Crippen molar-refractivity contribution in [2.24, 2.45) is 0 Å². The molecule has 0 aliphatic carbocycles. The summed E-state index contributed by atoms with van der Waals surface area (Å²) in [5, 5.41) is 9.64. The van der Waals surface area contributed by atoms with E-state index in [0.29, 0.717) is 22.1 Å². The average molecular weight is 251 g/mol. The van der Waals surface area contributed by atoms with Crippen molar-refractivity contribution in [3.8, 4) is 0 Å². The van der Waals surface area contributed by atoms with Crippen molar-refractivity contribution in [2.45, 2.75) is 6.92 Å². The number of carbonyl (C=O) groups excluding carboxylic acids is 1. The van der Waals surface area contributed by atoms with Crippen LogP contribution in [-0.2, 0) is 0 Å². The number of H-pyrrole nitrogens is 1. The summed E-state index contributed by atoms with van der Waals surface area (Å²) in [5.74, 6) is 0.228. The van der Waals surface area contributed by atoms with Gasteiger partial charge in [-0.2, -0.15) is 5.10 Å². The summed E-state index contributed by atoms with van der Waals surface area (Å²) in [6, 6.07) is 4.75. The molecular formula is C11H11ClN4O. The molecule has 4 N–H and O–H groups in total. The maximum absolute atomic E-state index is 11.9. The van der Waals surface area contributed by atoms with E-state index >= 15 is 0 Å². The largest absolute Gasteiger partial charge is 0.398 e. The fourth-order valence-electron chi connectivity index (χ4n) is 1.38. The molecule has 0 bridgehead atoms. The van der Waals surface area contributed by atoms with E-state index in [0.717, 1.165) is 5.56 Å². The molecule has 0 saturated carbocycles. The van der Waals surface area contributed by atoms with Crippen LogP contribution in [0.3, 0.4) is 0 Å². The Hall–Kier alpha value is -2.01. The molecule has 0 aliphatic heterocycles. The number of nitrogens with one attached hydrogen (secondary N) is 2. The fourth-order valence-corrected chi connectivity index (χ4v) is 1.55. The third-order valence-corrected chi connectivity index (χ3v) is 2.56. The van der Waals surface area contributed by atoms with Crippen molar-refractivity contribution >= 4 is 29.0 Å². The lowest BCUT2D eigenvalue weighted by atomic mass is 10.1. The highest BCUT2D eigenvalue weighted by atomic mass is 35.5. The van der Waals surface area contributed by atoms with Crippen LogP contribution in [0.25, 0.3) is 0 Å². The molecule has 1 aromatic heterocycles. The number of aryl methyl sites for hydroxylation is 1. The molecule has 6 heteroatoms. The van der Waals surface area contributed by atoms with Crippen molar-refractivity contribution in [3.63, 3.8) is 0 Å². The van der Waals surface area contributed by atoms with Crippen LogP contribution >= 0.6 is 11.6 Å². The first kappa shape index (κ1) is 11.5. The Labute approximate surface area is 103 Å². The average Bonchev–Trinajstić information content (AvgIpc) is 2.68. The zero-order valence-electron chi connectivity index (χ0n) is 9.12. The quantitative estimate of drug-likeness (QED) is 0.715. The lowest BCUT2D eigenvalue weighted by Crippen LogP contribution is -2.14. The van der Waals surface area contributed by atoms with Gasteiger partial charge in [-0.15, -0.1) is 0 Å². The first-order valence-electron chi connectivity index (χ1n) is 4.94. The summed E-state index contributed by atoms with van der Waals surface area (Å²) >= 11 is 5.82. The zero-order valence-corrected chi connectivity index (χ0v) is 9.88. The van der Waals surface area contributed by atoms with Gasteiger partial charge in [0.05, 0.1) is 11.8 Å². The van der Waals surface area contributed by atoms with Crippen LogP contribution in [0.1, 0.15) is 15.9 Å². The summed E-state index contributed by atoms with van der Waals surface area (Å²) in [6.07, 6.45) is 1.62. The Morgan fingerprint density at radius 3 is 2.94 bits per heavy atom. The topological polar surface area (TPSA) is 83.8 Å². The van der Waals surface area contributed by atoms with E-state index in [1.807, 2.05) is 6.92 Å². The van der Waals surface area contributed by atoms with E-state index < -0.39 is 0 Å². The van der Waals surface area contributed by atoms with Crippen molar-refractivity contribution in [2.75, 3.05) is 11.1 Å². The van der Waals surface area contributed by atoms with Crippen LogP contribution < -0.4 is 11.1 Å². The molecule has 0 spiro atoms. The minimum atomic E-state index is -0.322. The van der Waals surface area contributed by atoms with Gasteiger partial charge in [0.15, 0.2) is 0 Å². The second-order valence-corrected chi connectivity index (χ2v) is 4.05. The van der Waals surface area contributed by atoms with Gasteiger partial charge in [-0.05, 0) is 25.1 Å². The van der Waals surface area contributed by atoms with Crippen LogP contribution in [-0.4, -0.2) is 16.1 Å². The number of benzene rings is 1. The van der Waals surface area contributed by atoms with Gasteiger partial charge in [0.25, 0.3) is 5.91 Å². The number of amides is 1. The summed E-state index contributed by atoms with van der Waals surface area (Å²) in [5.41, 5.74) is 7.28. The summed E-state index contributed by atoms with van der Waals surface area (Å²) in [6.45, 7) is 1.83. The molecule has 5 nitrogen and oxygen atoms in total. The van der Waals surface area contributed by atoms with Gasteiger partial charge in [0.2, 0.25) is 0 Å². The number of nitrogens with zero attached hydrogens (tertiary/aromatic N) is 1. The number of hydrogen-bond acceptors (Lipinski definition) is 3. The molecule has 88 valence electrons.